The molecule has 1 aromatic heterocycles. The van der Waals surface area contributed by atoms with Gasteiger partial charge in [0.05, 0.1) is 11.9 Å². The van der Waals surface area contributed by atoms with Crippen LogP contribution in [0.2, 0.25) is 0 Å². The van der Waals surface area contributed by atoms with Crippen molar-refractivity contribution in [2.24, 2.45) is 0 Å². The van der Waals surface area contributed by atoms with Crippen molar-refractivity contribution in [2.75, 3.05) is 0 Å². The fraction of sp³-hybridized carbons (Fsp3) is 0.182. The van der Waals surface area contributed by atoms with Crippen LogP contribution in [0.4, 0.5) is 4.39 Å². The smallest absolute Gasteiger partial charge is 0.115 e. The average molecular weight is 190 g/mol. The van der Waals surface area contributed by atoms with Crippen molar-refractivity contribution in [3.05, 3.63) is 41.6 Å². The maximum Gasteiger partial charge on any atom is 0.115 e. The Morgan fingerprint density at radius 2 is 2.00 bits per heavy atom. The molecule has 72 valence electrons. The van der Waals surface area contributed by atoms with Gasteiger partial charge >= 0.3 is 0 Å². The first kappa shape index (κ1) is 8.94. The molecule has 0 spiro atoms. The molecule has 2 aromatic rings. The van der Waals surface area contributed by atoms with E-state index in [0.717, 1.165) is 16.8 Å². The summed E-state index contributed by atoms with van der Waals surface area (Å²) in [5.41, 5.74) is 3.83. The molecule has 0 atom stereocenters. The van der Waals surface area contributed by atoms with Crippen LogP contribution in [0, 0.1) is 6.92 Å². The van der Waals surface area contributed by atoms with Crippen LogP contribution < -0.4 is 0 Å². The molecule has 0 bridgehead atoms. The van der Waals surface area contributed by atoms with E-state index >= 15 is 0 Å². The van der Waals surface area contributed by atoms with E-state index in [2.05, 4.69) is 10.2 Å². The molecule has 0 fully saturated rings. The number of nitrogens with zero attached hydrogens (tertiary/aromatic N) is 1. The lowest BCUT2D eigenvalue weighted by atomic mass is 10.1. The summed E-state index contributed by atoms with van der Waals surface area (Å²) >= 11 is 0. The number of benzene rings is 1. The highest BCUT2D eigenvalue weighted by Crippen LogP contribution is 2.20. The van der Waals surface area contributed by atoms with Crippen molar-refractivity contribution in [3.63, 3.8) is 0 Å². The molecule has 0 amide bonds. The second kappa shape index (κ2) is 3.62. The fourth-order valence-electron chi connectivity index (χ4n) is 1.40. The van der Waals surface area contributed by atoms with E-state index in [-0.39, 0.29) is 0 Å². The maximum atomic E-state index is 12.3. The van der Waals surface area contributed by atoms with E-state index in [1.807, 2.05) is 19.1 Å². The molecule has 0 aliphatic rings. The molecular weight excluding hydrogens is 179 g/mol. The number of halogens is 1. The van der Waals surface area contributed by atoms with E-state index in [1.165, 1.54) is 0 Å². The third-order valence-corrected chi connectivity index (χ3v) is 2.23. The molecule has 0 saturated heterocycles. The average Bonchev–Trinajstić information content (AvgIpc) is 2.65. The van der Waals surface area contributed by atoms with Crippen LogP contribution >= 0.6 is 0 Å². The first-order chi connectivity index (χ1) is 6.81. The van der Waals surface area contributed by atoms with Crippen LogP contribution in [0.15, 0.2) is 30.5 Å². The quantitative estimate of drug-likeness (QED) is 0.775. The zero-order valence-corrected chi connectivity index (χ0v) is 7.92. The minimum atomic E-state index is -0.414. The summed E-state index contributed by atoms with van der Waals surface area (Å²) in [6, 6.07) is 7.37. The number of aryl methyl sites for hydroxylation is 1. The predicted molar refractivity (Wildman–Crippen MR) is 53.6 cm³/mol. The highest BCUT2D eigenvalue weighted by Gasteiger charge is 2.02. The summed E-state index contributed by atoms with van der Waals surface area (Å²) < 4.78 is 12.3. The molecule has 3 heteroatoms. The van der Waals surface area contributed by atoms with Gasteiger partial charge in [0.25, 0.3) is 0 Å². The van der Waals surface area contributed by atoms with Gasteiger partial charge < -0.3 is 0 Å². The molecule has 0 aliphatic carbocycles. The van der Waals surface area contributed by atoms with Gasteiger partial charge in [-0.1, -0.05) is 24.3 Å². The summed E-state index contributed by atoms with van der Waals surface area (Å²) in [6.07, 6.45) is 1.78. The van der Waals surface area contributed by atoms with Gasteiger partial charge in [0.2, 0.25) is 0 Å². The molecule has 2 nitrogen and oxygen atoms in total. The van der Waals surface area contributed by atoms with Crippen molar-refractivity contribution in [1.29, 1.82) is 0 Å². The minimum Gasteiger partial charge on any atom is -0.278 e. The highest BCUT2D eigenvalue weighted by molar-refractivity contribution is 5.62. The Morgan fingerprint density at radius 1 is 1.29 bits per heavy atom. The van der Waals surface area contributed by atoms with Crippen molar-refractivity contribution in [3.8, 4) is 11.3 Å². The van der Waals surface area contributed by atoms with E-state index in [1.54, 1.807) is 18.3 Å². The van der Waals surface area contributed by atoms with E-state index in [4.69, 9.17) is 0 Å². The van der Waals surface area contributed by atoms with Gasteiger partial charge in [0.1, 0.15) is 6.67 Å². The lowest BCUT2D eigenvalue weighted by Gasteiger charge is -2.00. The summed E-state index contributed by atoms with van der Waals surface area (Å²) in [7, 11) is 0. The molecule has 1 aromatic carbocycles. The van der Waals surface area contributed by atoms with E-state index in [0.29, 0.717) is 5.56 Å². The van der Waals surface area contributed by atoms with Gasteiger partial charge in [-0.25, -0.2) is 4.39 Å². The van der Waals surface area contributed by atoms with Crippen LogP contribution in [0.3, 0.4) is 0 Å². The zero-order valence-electron chi connectivity index (χ0n) is 7.92. The molecule has 0 aliphatic heterocycles. The molecule has 2 rings (SSSR count). The standard InChI is InChI=1S/C11H11FN2/c1-8-7-13-14-11(8)10-4-2-9(6-12)3-5-10/h2-5,7H,6H2,1H3,(H,13,14). The van der Waals surface area contributed by atoms with Crippen molar-refractivity contribution in [2.45, 2.75) is 13.6 Å². The van der Waals surface area contributed by atoms with Gasteiger partial charge in [-0.3, -0.25) is 5.10 Å². The fourth-order valence-corrected chi connectivity index (χ4v) is 1.40. The first-order valence-corrected chi connectivity index (χ1v) is 4.46. The van der Waals surface area contributed by atoms with Crippen LogP contribution in [-0.2, 0) is 6.67 Å². The second-order valence-corrected chi connectivity index (χ2v) is 3.26. The Bertz CT molecular complexity index is 417. The number of nitrogens with one attached hydrogen (secondary N) is 1. The summed E-state index contributed by atoms with van der Waals surface area (Å²) in [5, 5.41) is 6.86. The van der Waals surface area contributed by atoms with Crippen LogP contribution in [0.25, 0.3) is 11.3 Å². The number of rotatable bonds is 2. The van der Waals surface area contributed by atoms with E-state index < -0.39 is 6.67 Å². The number of hydrogen-bond acceptors (Lipinski definition) is 1. The maximum absolute atomic E-state index is 12.3. The Hall–Kier alpha value is -1.64. The monoisotopic (exact) mass is 190 g/mol. The van der Waals surface area contributed by atoms with E-state index in [9.17, 15) is 4.39 Å². The summed E-state index contributed by atoms with van der Waals surface area (Å²) in [5.74, 6) is 0. The Balaban J connectivity index is 2.39. The molecular formula is C11H11FN2. The topological polar surface area (TPSA) is 28.7 Å². The molecule has 1 heterocycles. The van der Waals surface area contributed by atoms with Crippen molar-refractivity contribution in [1.82, 2.24) is 10.2 Å². The van der Waals surface area contributed by atoms with Crippen molar-refractivity contribution >= 4 is 0 Å². The Labute approximate surface area is 81.8 Å². The highest BCUT2D eigenvalue weighted by atomic mass is 19.1. The number of hydrogen-bond donors (Lipinski definition) is 1. The Kier molecular flexibility index (Phi) is 2.31. The normalized spacial score (nSPS) is 10.4. The largest absolute Gasteiger partial charge is 0.278 e. The van der Waals surface area contributed by atoms with Gasteiger partial charge in [-0.2, -0.15) is 5.10 Å². The molecule has 0 saturated carbocycles. The lowest BCUT2D eigenvalue weighted by Crippen LogP contribution is -1.82. The number of alkyl halides is 1. The van der Waals surface area contributed by atoms with Gasteiger partial charge in [0, 0.05) is 0 Å². The Morgan fingerprint density at radius 3 is 2.50 bits per heavy atom. The molecule has 0 radical (unpaired) electrons. The van der Waals surface area contributed by atoms with Gasteiger partial charge in [0.15, 0.2) is 0 Å². The third kappa shape index (κ3) is 1.53. The minimum absolute atomic E-state index is 0.414. The van der Waals surface area contributed by atoms with Gasteiger partial charge in [-0.05, 0) is 23.6 Å². The number of H-pyrrole nitrogens is 1. The molecule has 0 unspecified atom stereocenters. The number of aromatic nitrogens is 2. The van der Waals surface area contributed by atoms with Crippen LogP contribution in [-0.4, -0.2) is 10.2 Å². The van der Waals surface area contributed by atoms with Crippen LogP contribution in [0.5, 0.6) is 0 Å². The molecule has 1 N–H and O–H groups in total. The predicted octanol–water partition coefficient (Wildman–Crippen LogP) is 2.85. The molecule has 14 heavy (non-hydrogen) atoms. The summed E-state index contributed by atoms with van der Waals surface area (Å²) in [6.45, 7) is 1.57. The zero-order chi connectivity index (χ0) is 9.97. The van der Waals surface area contributed by atoms with Crippen molar-refractivity contribution < 1.29 is 4.39 Å². The summed E-state index contributed by atoms with van der Waals surface area (Å²) in [4.78, 5) is 0. The third-order valence-electron chi connectivity index (χ3n) is 2.23. The SMILES string of the molecule is Cc1cn[nH]c1-c1ccc(CF)cc1. The second-order valence-electron chi connectivity index (χ2n) is 3.26. The van der Waals surface area contributed by atoms with Crippen LogP contribution in [0.1, 0.15) is 11.1 Å². The van der Waals surface area contributed by atoms with Gasteiger partial charge in [-0.15, -0.1) is 0 Å². The lowest BCUT2D eigenvalue weighted by molar-refractivity contribution is 0.485. The number of aromatic amines is 1. The first-order valence-electron chi connectivity index (χ1n) is 4.46.